The van der Waals surface area contributed by atoms with Gasteiger partial charge in [-0.05, 0) is 25.5 Å². The number of rotatable bonds is 5. The van der Waals surface area contributed by atoms with Gasteiger partial charge in [-0.25, -0.2) is 0 Å². The van der Waals surface area contributed by atoms with Crippen molar-refractivity contribution in [3.8, 4) is 0 Å². The Morgan fingerprint density at radius 3 is 2.59 bits per heavy atom. The maximum Gasteiger partial charge on any atom is 0.242 e. The summed E-state index contributed by atoms with van der Waals surface area (Å²) in [5.41, 5.74) is 5.50. The monoisotopic (exact) mass is 260 g/mol. The number of thioether (sulfide) groups is 1. The van der Waals surface area contributed by atoms with E-state index in [1.165, 1.54) is 0 Å². The summed E-state index contributed by atoms with van der Waals surface area (Å²) in [5, 5.41) is 0. The number of ether oxygens (including phenoxy) is 1. The summed E-state index contributed by atoms with van der Waals surface area (Å²) in [4.78, 5) is 14.3. The molecule has 1 rings (SSSR count). The molecule has 0 saturated carbocycles. The molecule has 17 heavy (non-hydrogen) atoms. The third-order valence-corrected chi connectivity index (χ3v) is 4.23. The van der Waals surface area contributed by atoms with Gasteiger partial charge in [0.25, 0.3) is 0 Å². The number of nitrogens with two attached hydrogens (primary N) is 1. The van der Waals surface area contributed by atoms with Crippen molar-refractivity contribution in [1.29, 1.82) is 0 Å². The Hall–Kier alpha value is -0.260. The van der Waals surface area contributed by atoms with Crippen LogP contribution >= 0.6 is 11.8 Å². The minimum absolute atomic E-state index is 0.0710. The zero-order valence-electron chi connectivity index (χ0n) is 11.1. The van der Waals surface area contributed by atoms with E-state index in [-0.39, 0.29) is 11.9 Å². The maximum absolute atomic E-state index is 12.4. The lowest BCUT2D eigenvalue weighted by atomic mass is 9.89. The molecule has 0 aromatic carbocycles. The summed E-state index contributed by atoms with van der Waals surface area (Å²) in [6.07, 6.45) is 4.29. The second-order valence-electron chi connectivity index (χ2n) is 4.70. The second kappa shape index (κ2) is 6.61. The predicted octanol–water partition coefficient (Wildman–Crippen LogP) is 1.09. The smallest absolute Gasteiger partial charge is 0.242 e. The van der Waals surface area contributed by atoms with Gasteiger partial charge in [-0.15, -0.1) is 0 Å². The van der Waals surface area contributed by atoms with E-state index in [0.29, 0.717) is 26.1 Å². The molecule has 0 spiro atoms. The van der Waals surface area contributed by atoms with Crippen molar-refractivity contribution in [3.63, 3.8) is 0 Å². The first-order valence-electron chi connectivity index (χ1n) is 6.18. The largest absolute Gasteiger partial charge is 0.381 e. The molecule has 1 fully saturated rings. The fraction of sp³-hybridized carbons (Fsp3) is 0.917. The molecular weight excluding hydrogens is 236 g/mol. The number of likely N-dealkylation sites (N-methyl/N-ethyl adjacent to an activating group) is 1. The normalized spacial score (nSPS) is 20.9. The standard InChI is InChI=1S/C12H24N2O2S/c1-4-10(9-17-3)14(2)11(15)12(13)5-7-16-8-6-12/h10H,4-9,13H2,1-3H3. The molecule has 4 nitrogen and oxygen atoms in total. The van der Waals surface area contributed by atoms with Gasteiger partial charge >= 0.3 is 0 Å². The van der Waals surface area contributed by atoms with Gasteiger partial charge in [0.1, 0.15) is 0 Å². The first-order valence-corrected chi connectivity index (χ1v) is 7.57. The van der Waals surface area contributed by atoms with Crippen LogP contribution in [0.25, 0.3) is 0 Å². The van der Waals surface area contributed by atoms with E-state index in [1.54, 1.807) is 11.8 Å². The van der Waals surface area contributed by atoms with Crippen molar-refractivity contribution in [2.75, 3.05) is 32.3 Å². The molecular formula is C12H24N2O2S. The number of hydrogen-bond donors (Lipinski definition) is 1. The highest BCUT2D eigenvalue weighted by molar-refractivity contribution is 7.98. The Kier molecular flexibility index (Phi) is 5.76. The second-order valence-corrected chi connectivity index (χ2v) is 5.61. The highest BCUT2D eigenvalue weighted by Crippen LogP contribution is 2.22. The minimum atomic E-state index is -0.709. The maximum atomic E-state index is 12.4. The Morgan fingerprint density at radius 1 is 1.53 bits per heavy atom. The van der Waals surface area contributed by atoms with Crippen molar-refractivity contribution in [1.82, 2.24) is 4.90 Å². The molecule has 1 unspecified atom stereocenters. The molecule has 0 aromatic heterocycles. The van der Waals surface area contributed by atoms with Crippen LogP contribution in [0.15, 0.2) is 0 Å². The summed E-state index contributed by atoms with van der Waals surface area (Å²) in [5.74, 6) is 1.03. The zero-order chi connectivity index (χ0) is 12.9. The summed E-state index contributed by atoms with van der Waals surface area (Å²) in [7, 11) is 1.87. The first-order chi connectivity index (χ1) is 8.05. The van der Waals surface area contributed by atoms with E-state index in [2.05, 4.69) is 13.2 Å². The van der Waals surface area contributed by atoms with Crippen LogP contribution in [0.1, 0.15) is 26.2 Å². The highest BCUT2D eigenvalue weighted by Gasteiger charge is 2.39. The van der Waals surface area contributed by atoms with Crippen molar-refractivity contribution >= 4 is 17.7 Å². The molecule has 1 amide bonds. The molecule has 5 heteroatoms. The molecule has 0 aliphatic carbocycles. The summed E-state index contributed by atoms with van der Waals surface area (Å²) in [6.45, 7) is 3.29. The Balaban J connectivity index is 2.66. The van der Waals surface area contributed by atoms with E-state index in [1.807, 2.05) is 11.9 Å². The van der Waals surface area contributed by atoms with E-state index in [0.717, 1.165) is 12.2 Å². The van der Waals surface area contributed by atoms with E-state index in [4.69, 9.17) is 10.5 Å². The fourth-order valence-corrected chi connectivity index (χ4v) is 3.01. The van der Waals surface area contributed by atoms with Crippen LogP contribution in [0.2, 0.25) is 0 Å². The number of nitrogens with zero attached hydrogens (tertiary/aromatic N) is 1. The van der Waals surface area contributed by atoms with Gasteiger partial charge in [-0.3, -0.25) is 4.79 Å². The zero-order valence-corrected chi connectivity index (χ0v) is 11.9. The van der Waals surface area contributed by atoms with Crippen LogP contribution in [0.4, 0.5) is 0 Å². The molecule has 2 N–H and O–H groups in total. The number of amides is 1. The van der Waals surface area contributed by atoms with Crippen LogP contribution in [-0.2, 0) is 9.53 Å². The Bertz CT molecular complexity index is 255. The van der Waals surface area contributed by atoms with Crippen molar-refractivity contribution < 1.29 is 9.53 Å². The van der Waals surface area contributed by atoms with Crippen LogP contribution in [0.5, 0.6) is 0 Å². The molecule has 0 radical (unpaired) electrons. The van der Waals surface area contributed by atoms with E-state index < -0.39 is 5.54 Å². The average molecular weight is 260 g/mol. The third kappa shape index (κ3) is 3.60. The van der Waals surface area contributed by atoms with Crippen molar-refractivity contribution in [3.05, 3.63) is 0 Å². The predicted molar refractivity (Wildman–Crippen MR) is 72.2 cm³/mol. The quantitative estimate of drug-likeness (QED) is 0.804. The van der Waals surface area contributed by atoms with E-state index in [9.17, 15) is 4.79 Å². The van der Waals surface area contributed by atoms with Crippen LogP contribution in [0, 0.1) is 0 Å². The average Bonchev–Trinajstić information content (AvgIpc) is 2.35. The lowest BCUT2D eigenvalue weighted by molar-refractivity contribution is -0.141. The minimum Gasteiger partial charge on any atom is -0.381 e. The summed E-state index contributed by atoms with van der Waals surface area (Å²) >= 11 is 1.77. The molecule has 1 heterocycles. The molecule has 100 valence electrons. The van der Waals surface area contributed by atoms with Crippen molar-refractivity contribution in [2.24, 2.45) is 5.73 Å². The van der Waals surface area contributed by atoms with Gasteiger partial charge in [0.2, 0.25) is 5.91 Å². The van der Waals surface area contributed by atoms with Crippen molar-refractivity contribution in [2.45, 2.75) is 37.8 Å². The molecule has 1 atom stereocenters. The highest BCUT2D eigenvalue weighted by atomic mass is 32.2. The molecule has 1 aliphatic heterocycles. The van der Waals surface area contributed by atoms with Gasteiger partial charge < -0.3 is 15.4 Å². The number of carbonyl (C=O) groups is 1. The summed E-state index contributed by atoms with van der Waals surface area (Å²) < 4.78 is 5.27. The van der Waals surface area contributed by atoms with Gasteiger partial charge in [0.05, 0.1) is 5.54 Å². The summed E-state index contributed by atoms with van der Waals surface area (Å²) in [6, 6.07) is 0.278. The van der Waals surface area contributed by atoms with Gasteiger partial charge in [0.15, 0.2) is 0 Å². The Morgan fingerprint density at radius 2 is 2.12 bits per heavy atom. The van der Waals surface area contributed by atoms with Crippen LogP contribution in [-0.4, -0.2) is 54.7 Å². The van der Waals surface area contributed by atoms with E-state index >= 15 is 0 Å². The van der Waals surface area contributed by atoms with Gasteiger partial charge in [-0.2, -0.15) is 11.8 Å². The lowest BCUT2D eigenvalue weighted by Gasteiger charge is -2.38. The molecule has 1 saturated heterocycles. The van der Waals surface area contributed by atoms with Gasteiger partial charge in [0, 0.05) is 32.1 Å². The van der Waals surface area contributed by atoms with Gasteiger partial charge in [-0.1, -0.05) is 6.92 Å². The fourth-order valence-electron chi connectivity index (χ4n) is 2.16. The number of carbonyl (C=O) groups excluding carboxylic acids is 1. The lowest BCUT2D eigenvalue weighted by Crippen LogP contribution is -2.59. The number of hydrogen-bond acceptors (Lipinski definition) is 4. The topological polar surface area (TPSA) is 55.6 Å². The first kappa shape index (κ1) is 14.8. The Labute approximate surface area is 108 Å². The molecule has 0 bridgehead atoms. The SMILES string of the molecule is CCC(CSC)N(C)C(=O)C1(N)CCOCC1. The van der Waals surface area contributed by atoms with Crippen LogP contribution < -0.4 is 5.73 Å². The molecule has 1 aliphatic rings. The molecule has 0 aromatic rings. The van der Waals surface area contributed by atoms with Crippen LogP contribution in [0.3, 0.4) is 0 Å². The third-order valence-electron chi connectivity index (χ3n) is 3.51.